The van der Waals surface area contributed by atoms with Gasteiger partial charge in [0.05, 0.1) is 6.61 Å². The van der Waals surface area contributed by atoms with Gasteiger partial charge in [0.15, 0.2) is 0 Å². The number of hydrogen-bond acceptors (Lipinski definition) is 3. The molecule has 0 radical (unpaired) electrons. The molecule has 0 saturated carbocycles. The van der Waals surface area contributed by atoms with Crippen LogP contribution in [-0.4, -0.2) is 11.8 Å². The largest absolute Gasteiger partial charge is 0.488 e. The molecule has 0 aromatic heterocycles. The lowest BCUT2D eigenvalue weighted by Crippen LogP contribution is -2.15. The molecule has 0 atom stereocenters. The molecule has 2 aromatic rings. The highest BCUT2D eigenvalue weighted by molar-refractivity contribution is 7.80. The first-order valence-corrected chi connectivity index (χ1v) is 8.62. The van der Waals surface area contributed by atoms with E-state index in [1.165, 1.54) is 11.1 Å². The van der Waals surface area contributed by atoms with Gasteiger partial charge in [-0.1, -0.05) is 23.7 Å². The molecular formula is C19H22ClNO2S. The molecule has 0 saturated heterocycles. The lowest BCUT2D eigenvalue weighted by molar-refractivity contribution is 0.304. The van der Waals surface area contributed by atoms with Gasteiger partial charge in [-0.15, -0.1) is 0 Å². The molecule has 0 spiro atoms. The fraction of sp³-hybridized carbons (Fsp3) is 0.316. The molecule has 128 valence electrons. The van der Waals surface area contributed by atoms with Gasteiger partial charge in [-0.25, -0.2) is 0 Å². The predicted molar refractivity (Wildman–Crippen MR) is 104 cm³/mol. The van der Waals surface area contributed by atoms with Gasteiger partial charge in [0.25, 0.3) is 5.17 Å². The van der Waals surface area contributed by atoms with Crippen molar-refractivity contribution in [3.63, 3.8) is 0 Å². The van der Waals surface area contributed by atoms with Crippen LogP contribution in [0.3, 0.4) is 0 Å². The van der Waals surface area contributed by atoms with Gasteiger partial charge >= 0.3 is 0 Å². The molecule has 0 unspecified atom stereocenters. The molecule has 0 aliphatic carbocycles. The first-order valence-electron chi connectivity index (χ1n) is 7.84. The third kappa shape index (κ3) is 4.62. The summed E-state index contributed by atoms with van der Waals surface area (Å²) in [6.07, 6.45) is 0. The first kappa shape index (κ1) is 18.6. The maximum Gasteiger partial charge on any atom is 0.261 e. The number of nitrogens with one attached hydrogen (secondary N) is 1. The third-order valence-electron chi connectivity index (χ3n) is 3.79. The predicted octanol–water partition coefficient (Wildman–Crippen LogP) is 5.58. The van der Waals surface area contributed by atoms with Crippen LogP contribution >= 0.6 is 23.8 Å². The molecule has 0 heterocycles. The van der Waals surface area contributed by atoms with Crippen molar-refractivity contribution in [2.75, 3.05) is 11.9 Å². The van der Waals surface area contributed by atoms with Gasteiger partial charge in [0, 0.05) is 16.3 Å². The topological polar surface area (TPSA) is 30.5 Å². The molecular weight excluding hydrogens is 342 g/mol. The zero-order valence-electron chi connectivity index (χ0n) is 14.4. The maximum absolute atomic E-state index is 6.35. The average Bonchev–Trinajstić information content (AvgIpc) is 2.51. The van der Waals surface area contributed by atoms with Crippen molar-refractivity contribution in [2.24, 2.45) is 0 Å². The van der Waals surface area contributed by atoms with Gasteiger partial charge in [0.2, 0.25) is 0 Å². The van der Waals surface area contributed by atoms with Crippen molar-refractivity contribution in [3.8, 4) is 5.75 Å². The van der Waals surface area contributed by atoms with Gasteiger partial charge in [-0.05, 0) is 74.8 Å². The lowest BCUT2D eigenvalue weighted by atomic mass is 10.1. The average molecular weight is 364 g/mol. The summed E-state index contributed by atoms with van der Waals surface area (Å²) in [7, 11) is 0. The van der Waals surface area contributed by atoms with Crippen LogP contribution < -0.4 is 10.1 Å². The van der Waals surface area contributed by atoms with E-state index in [9.17, 15) is 0 Å². The number of rotatable bonds is 5. The SMILES string of the molecule is CCOC(=S)Nc1cccc(Cl)c1COc1cc(C)c(C)cc1C. The molecule has 2 rings (SSSR count). The molecule has 0 aliphatic heterocycles. The Morgan fingerprint density at radius 1 is 1.12 bits per heavy atom. The first-order chi connectivity index (χ1) is 11.4. The summed E-state index contributed by atoms with van der Waals surface area (Å²) >= 11 is 11.5. The minimum absolute atomic E-state index is 0.323. The van der Waals surface area contributed by atoms with Crippen LogP contribution in [0.1, 0.15) is 29.2 Å². The molecule has 0 amide bonds. The van der Waals surface area contributed by atoms with Crippen molar-refractivity contribution in [2.45, 2.75) is 34.3 Å². The fourth-order valence-electron chi connectivity index (χ4n) is 2.34. The highest BCUT2D eigenvalue weighted by Crippen LogP contribution is 2.28. The normalized spacial score (nSPS) is 10.4. The van der Waals surface area contributed by atoms with Crippen molar-refractivity contribution >= 4 is 34.7 Å². The zero-order valence-corrected chi connectivity index (χ0v) is 16.0. The minimum atomic E-state index is 0.323. The second-order valence-corrected chi connectivity index (χ2v) is 6.38. The third-order valence-corrected chi connectivity index (χ3v) is 4.37. The standard InChI is InChI=1S/C19H22ClNO2S/c1-5-22-19(24)21-17-8-6-7-16(20)15(17)11-23-18-10-13(3)12(2)9-14(18)4/h6-10H,5,11H2,1-4H3,(H,21,24). The Kier molecular flexibility index (Phi) is 6.46. The quantitative estimate of drug-likeness (QED) is 0.702. The van der Waals surface area contributed by atoms with Gasteiger partial charge < -0.3 is 14.8 Å². The number of halogens is 1. The van der Waals surface area contributed by atoms with E-state index in [0.29, 0.717) is 23.4 Å². The van der Waals surface area contributed by atoms with E-state index in [1.807, 2.05) is 32.0 Å². The second kappa shape index (κ2) is 8.36. The summed E-state index contributed by atoms with van der Waals surface area (Å²) < 4.78 is 11.3. The zero-order chi connectivity index (χ0) is 17.7. The Bertz CT molecular complexity index is 746. The summed E-state index contributed by atoms with van der Waals surface area (Å²) in [4.78, 5) is 0. The van der Waals surface area contributed by atoms with Gasteiger partial charge in [-0.3, -0.25) is 0 Å². The van der Waals surface area contributed by atoms with Crippen LogP contribution in [0.4, 0.5) is 5.69 Å². The van der Waals surface area contributed by atoms with E-state index in [0.717, 1.165) is 22.6 Å². The molecule has 24 heavy (non-hydrogen) atoms. The molecule has 2 aromatic carbocycles. The van der Waals surface area contributed by atoms with Crippen LogP contribution in [0.5, 0.6) is 5.75 Å². The summed E-state index contributed by atoms with van der Waals surface area (Å²) in [6.45, 7) is 8.96. The molecule has 0 fully saturated rings. The summed E-state index contributed by atoms with van der Waals surface area (Å²) in [5.74, 6) is 0.858. The van der Waals surface area contributed by atoms with Crippen molar-refractivity contribution in [3.05, 3.63) is 57.6 Å². The van der Waals surface area contributed by atoms with Crippen molar-refractivity contribution < 1.29 is 9.47 Å². The number of ether oxygens (including phenoxy) is 2. The maximum atomic E-state index is 6.35. The molecule has 0 aliphatic rings. The highest BCUT2D eigenvalue weighted by Gasteiger charge is 2.11. The number of benzene rings is 2. The van der Waals surface area contributed by atoms with E-state index in [2.05, 4.69) is 31.3 Å². The summed E-state index contributed by atoms with van der Waals surface area (Å²) in [5.41, 5.74) is 5.19. The Morgan fingerprint density at radius 2 is 1.83 bits per heavy atom. The molecule has 5 heteroatoms. The smallest absolute Gasteiger partial charge is 0.261 e. The van der Waals surface area contributed by atoms with Crippen molar-refractivity contribution in [1.29, 1.82) is 0 Å². The lowest BCUT2D eigenvalue weighted by Gasteiger charge is -2.16. The summed E-state index contributed by atoms with van der Waals surface area (Å²) in [5, 5.41) is 4.02. The van der Waals surface area contributed by atoms with Crippen LogP contribution in [0, 0.1) is 20.8 Å². The Balaban J connectivity index is 2.20. The van der Waals surface area contributed by atoms with Crippen molar-refractivity contribution in [1.82, 2.24) is 0 Å². The second-order valence-electron chi connectivity index (χ2n) is 5.60. The van der Waals surface area contributed by atoms with Gasteiger partial charge in [0.1, 0.15) is 12.4 Å². The van der Waals surface area contributed by atoms with E-state index < -0.39 is 0 Å². The number of hydrogen-bond donors (Lipinski definition) is 1. The molecule has 0 bridgehead atoms. The Morgan fingerprint density at radius 3 is 2.54 bits per heavy atom. The van der Waals surface area contributed by atoms with Crippen LogP contribution in [0.25, 0.3) is 0 Å². The fourth-order valence-corrected chi connectivity index (χ4v) is 2.80. The number of thiocarbonyl (C=S) groups is 1. The van der Waals surface area contributed by atoms with Crippen LogP contribution in [-0.2, 0) is 11.3 Å². The Hall–Kier alpha value is -1.78. The van der Waals surface area contributed by atoms with Crippen LogP contribution in [0.2, 0.25) is 5.02 Å². The van der Waals surface area contributed by atoms with E-state index in [-0.39, 0.29) is 0 Å². The van der Waals surface area contributed by atoms with E-state index in [4.69, 9.17) is 33.3 Å². The summed E-state index contributed by atoms with van der Waals surface area (Å²) in [6, 6.07) is 9.79. The van der Waals surface area contributed by atoms with Crippen LogP contribution in [0.15, 0.2) is 30.3 Å². The monoisotopic (exact) mass is 363 g/mol. The number of aryl methyl sites for hydroxylation is 3. The molecule has 1 N–H and O–H groups in total. The highest BCUT2D eigenvalue weighted by atomic mass is 35.5. The Labute approximate surface area is 153 Å². The number of anilines is 1. The van der Waals surface area contributed by atoms with E-state index >= 15 is 0 Å². The van der Waals surface area contributed by atoms with E-state index in [1.54, 1.807) is 0 Å². The molecule has 3 nitrogen and oxygen atoms in total. The minimum Gasteiger partial charge on any atom is -0.488 e. The van der Waals surface area contributed by atoms with Gasteiger partial charge in [-0.2, -0.15) is 0 Å².